The largest absolute Gasteiger partial charge is 0.497 e. The number of anilines is 2. The second-order valence-electron chi connectivity index (χ2n) is 6.51. The van der Waals surface area contributed by atoms with Crippen molar-refractivity contribution in [2.24, 2.45) is 0 Å². The highest BCUT2D eigenvalue weighted by atomic mass is 35.5. The third-order valence-electron chi connectivity index (χ3n) is 4.66. The fraction of sp³-hybridized carbons (Fsp3) is 0.0952. The number of carbonyl (C=O) groups excluding carboxylic acids is 1. The summed E-state index contributed by atoms with van der Waals surface area (Å²) >= 11 is 6.33. The maximum Gasteiger partial charge on any atom is 0.352 e. The number of nitrogens with one attached hydrogen (secondary N) is 2. The highest BCUT2D eigenvalue weighted by Gasteiger charge is 2.30. The van der Waals surface area contributed by atoms with Gasteiger partial charge in [-0.25, -0.2) is 9.48 Å². The van der Waals surface area contributed by atoms with Gasteiger partial charge in [0.05, 0.1) is 13.3 Å². The summed E-state index contributed by atoms with van der Waals surface area (Å²) < 4.78 is 6.70. The van der Waals surface area contributed by atoms with Crippen molar-refractivity contribution in [2.45, 2.75) is 6.04 Å². The number of ether oxygens (including phenoxy) is 1. The molecule has 0 aliphatic carbocycles. The van der Waals surface area contributed by atoms with E-state index in [1.165, 1.54) is 24.1 Å². The van der Waals surface area contributed by atoms with Gasteiger partial charge in [-0.2, -0.15) is 5.10 Å². The van der Waals surface area contributed by atoms with E-state index >= 15 is 0 Å². The van der Waals surface area contributed by atoms with E-state index in [0.29, 0.717) is 22.0 Å². The Balaban J connectivity index is 1.72. The molecule has 1 aliphatic rings. The van der Waals surface area contributed by atoms with Gasteiger partial charge in [0.15, 0.2) is 0 Å². The van der Waals surface area contributed by atoms with Crippen molar-refractivity contribution in [1.29, 1.82) is 0 Å². The van der Waals surface area contributed by atoms with Crippen molar-refractivity contribution in [2.75, 3.05) is 17.7 Å². The lowest BCUT2D eigenvalue weighted by Crippen LogP contribution is -2.25. The van der Waals surface area contributed by atoms with Crippen molar-refractivity contribution in [1.82, 2.24) is 9.78 Å². The van der Waals surface area contributed by atoms with Crippen LogP contribution in [0.3, 0.4) is 0 Å². The fourth-order valence-electron chi connectivity index (χ4n) is 3.22. The number of methoxy groups -OCH3 is 1. The first kappa shape index (κ1) is 19.5. The van der Waals surface area contributed by atoms with Crippen LogP contribution in [0.4, 0.5) is 11.5 Å². The molecular weight excluding hydrogens is 408 g/mol. The van der Waals surface area contributed by atoms with Gasteiger partial charge in [-0.15, -0.1) is 0 Å². The number of fused-ring (bicyclic) bond motifs is 1. The minimum Gasteiger partial charge on any atom is -0.497 e. The second kappa shape index (κ2) is 7.92. The standard InChI is InChI=1S/C21H17ClN4O4/c1-30-13-6-4-5-12(9-13)24-20(27)15-11-23-26-18(14-7-2-3-8-16(14)22)10-17(21(28)29)25-19(15)26/h2-11,18,25H,1H3,(H,24,27)(H,28,29). The van der Waals surface area contributed by atoms with Crippen LogP contribution < -0.4 is 15.4 Å². The van der Waals surface area contributed by atoms with Crippen LogP contribution in [0.15, 0.2) is 66.5 Å². The molecule has 0 saturated heterocycles. The molecule has 30 heavy (non-hydrogen) atoms. The number of hydrogen-bond donors (Lipinski definition) is 3. The average molecular weight is 425 g/mol. The number of allylic oxidation sites excluding steroid dienone is 1. The number of nitrogens with zero attached hydrogens (tertiary/aromatic N) is 2. The van der Waals surface area contributed by atoms with E-state index in [-0.39, 0.29) is 17.1 Å². The van der Waals surface area contributed by atoms with E-state index in [4.69, 9.17) is 16.3 Å². The molecule has 1 amide bonds. The first-order valence-corrected chi connectivity index (χ1v) is 9.35. The third-order valence-corrected chi connectivity index (χ3v) is 5.01. The Bertz CT molecular complexity index is 1170. The molecule has 8 nitrogen and oxygen atoms in total. The van der Waals surface area contributed by atoms with Gasteiger partial charge in [-0.3, -0.25) is 4.79 Å². The number of benzene rings is 2. The van der Waals surface area contributed by atoms with Crippen LogP contribution in [0.5, 0.6) is 5.75 Å². The number of aliphatic carboxylic acids is 1. The van der Waals surface area contributed by atoms with Gasteiger partial charge in [0, 0.05) is 16.8 Å². The van der Waals surface area contributed by atoms with Crippen LogP contribution in [0.25, 0.3) is 0 Å². The Hall–Kier alpha value is -3.78. The zero-order chi connectivity index (χ0) is 21.3. The van der Waals surface area contributed by atoms with Crippen LogP contribution in [-0.2, 0) is 4.79 Å². The number of carbonyl (C=O) groups is 2. The quantitative estimate of drug-likeness (QED) is 0.575. The maximum atomic E-state index is 12.9. The van der Waals surface area contributed by atoms with Crippen molar-refractivity contribution in [3.63, 3.8) is 0 Å². The Morgan fingerprint density at radius 2 is 2.03 bits per heavy atom. The Morgan fingerprint density at radius 3 is 2.77 bits per heavy atom. The molecule has 0 saturated carbocycles. The summed E-state index contributed by atoms with van der Waals surface area (Å²) in [6.07, 6.45) is 2.90. The van der Waals surface area contributed by atoms with Crippen molar-refractivity contribution < 1.29 is 19.4 Å². The minimum atomic E-state index is -1.15. The first-order valence-electron chi connectivity index (χ1n) is 8.97. The van der Waals surface area contributed by atoms with E-state index in [1.807, 2.05) is 0 Å². The number of aromatic nitrogens is 2. The first-order chi connectivity index (χ1) is 14.5. The van der Waals surface area contributed by atoms with Crippen molar-refractivity contribution >= 4 is 35.0 Å². The molecule has 0 bridgehead atoms. The van der Waals surface area contributed by atoms with E-state index < -0.39 is 17.9 Å². The molecular formula is C21H17ClN4O4. The lowest BCUT2D eigenvalue weighted by Gasteiger charge is -2.25. The molecule has 3 N–H and O–H groups in total. The molecule has 1 aromatic heterocycles. The van der Waals surface area contributed by atoms with Gasteiger partial charge < -0.3 is 20.5 Å². The summed E-state index contributed by atoms with van der Waals surface area (Å²) in [4.78, 5) is 24.6. The normalized spacial score (nSPS) is 14.9. The Morgan fingerprint density at radius 1 is 1.23 bits per heavy atom. The lowest BCUT2D eigenvalue weighted by atomic mass is 10.0. The Labute approximate surface area is 176 Å². The minimum absolute atomic E-state index is 0.0663. The molecule has 1 unspecified atom stereocenters. The van der Waals surface area contributed by atoms with E-state index in [9.17, 15) is 14.7 Å². The number of carboxylic acids is 1. The molecule has 3 aromatic rings. The smallest absolute Gasteiger partial charge is 0.352 e. The predicted molar refractivity (Wildman–Crippen MR) is 112 cm³/mol. The summed E-state index contributed by atoms with van der Waals surface area (Å²) in [5.74, 6) is -0.738. The molecule has 152 valence electrons. The number of amides is 1. The van der Waals surface area contributed by atoms with E-state index in [1.54, 1.807) is 48.5 Å². The lowest BCUT2D eigenvalue weighted by molar-refractivity contribution is -0.132. The summed E-state index contributed by atoms with van der Waals surface area (Å²) in [6.45, 7) is 0. The molecule has 9 heteroatoms. The van der Waals surface area contributed by atoms with Crippen molar-refractivity contribution in [3.8, 4) is 5.75 Å². The van der Waals surface area contributed by atoms with Crippen LogP contribution in [-0.4, -0.2) is 33.9 Å². The molecule has 4 rings (SSSR count). The average Bonchev–Trinajstić information content (AvgIpc) is 3.18. The number of rotatable bonds is 5. The predicted octanol–water partition coefficient (Wildman–Crippen LogP) is 3.78. The van der Waals surface area contributed by atoms with Gasteiger partial charge in [-0.05, 0) is 29.8 Å². The molecule has 0 radical (unpaired) electrons. The molecule has 2 aromatic carbocycles. The van der Waals surface area contributed by atoms with Gasteiger partial charge in [0.25, 0.3) is 5.91 Å². The van der Waals surface area contributed by atoms with Gasteiger partial charge in [0.2, 0.25) is 0 Å². The second-order valence-corrected chi connectivity index (χ2v) is 6.92. The molecule has 0 spiro atoms. The summed E-state index contributed by atoms with van der Waals surface area (Å²) in [5.41, 5.74) is 1.33. The fourth-order valence-corrected chi connectivity index (χ4v) is 3.47. The Kier molecular flexibility index (Phi) is 5.16. The van der Waals surface area contributed by atoms with Gasteiger partial charge >= 0.3 is 5.97 Å². The maximum absolute atomic E-state index is 12.9. The topological polar surface area (TPSA) is 105 Å². The van der Waals surface area contributed by atoms with E-state index in [2.05, 4.69) is 15.7 Å². The van der Waals surface area contributed by atoms with Crippen molar-refractivity contribution in [3.05, 3.63) is 82.7 Å². The molecule has 2 heterocycles. The van der Waals surface area contributed by atoms with Gasteiger partial charge in [-0.1, -0.05) is 35.9 Å². The highest BCUT2D eigenvalue weighted by Crippen LogP contribution is 2.35. The van der Waals surface area contributed by atoms with Crippen LogP contribution >= 0.6 is 11.6 Å². The molecule has 1 aliphatic heterocycles. The molecule has 0 fully saturated rings. The molecule has 1 atom stereocenters. The zero-order valence-corrected chi connectivity index (χ0v) is 16.6. The zero-order valence-electron chi connectivity index (χ0n) is 15.8. The summed E-state index contributed by atoms with van der Waals surface area (Å²) in [5, 5.41) is 19.9. The number of halogens is 1. The summed E-state index contributed by atoms with van der Waals surface area (Å²) in [7, 11) is 1.54. The van der Waals surface area contributed by atoms with Crippen LogP contribution in [0.1, 0.15) is 22.0 Å². The van der Waals surface area contributed by atoms with Gasteiger partial charge in [0.1, 0.15) is 28.9 Å². The monoisotopic (exact) mass is 424 g/mol. The van der Waals surface area contributed by atoms with Crippen LogP contribution in [0, 0.1) is 0 Å². The number of carboxylic acid groups (broad SMARTS) is 1. The summed E-state index contributed by atoms with van der Waals surface area (Å²) in [6, 6.07) is 13.4. The highest BCUT2D eigenvalue weighted by molar-refractivity contribution is 6.31. The third kappa shape index (κ3) is 3.60. The SMILES string of the molecule is COc1cccc(NC(=O)c2cnn3c2NC(C(=O)O)=CC3c2ccccc2Cl)c1. The number of hydrogen-bond acceptors (Lipinski definition) is 5. The van der Waals surface area contributed by atoms with E-state index in [0.717, 1.165) is 0 Å². The van der Waals surface area contributed by atoms with Crippen LogP contribution in [0.2, 0.25) is 5.02 Å².